The Morgan fingerprint density at radius 2 is 2.17 bits per heavy atom. The van der Waals surface area contributed by atoms with E-state index in [0.29, 0.717) is 24.7 Å². The van der Waals surface area contributed by atoms with Gasteiger partial charge in [0, 0.05) is 17.1 Å². The standard InChI is InChI=1S/C12H16BrNO3S/c1-9-3-4-11(13)7-12(9)18(15,16)14-5-6-17-8-10(14)2/h3-4,7,10H,5-6,8H2,1-2H3/t10-/m1/s1. The highest BCUT2D eigenvalue weighted by atomic mass is 79.9. The first-order valence-corrected chi connectivity index (χ1v) is 8.02. The molecule has 0 N–H and O–H groups in total. The molecule has 1 aliphatic heterocycles. The van der Waals surface area contributed by atoms with Crippen LogP contribution in [0.2, 0.25) is 0 Å². The Kier molecular flexibility index (Phi) is 4.11. The van der Waals surface area contributed by atoms with Crippen LogP contribution in [0.5, 0.6) is 0 Å². The highest BCUT2D eigenvalue weighted by Crippen LogP contribution is 2.26. The van der Waals surface area contributed by atoms with Crippen LogP contribution in [0.3, 0.4) is 0 Å². The molecule has 0 radical (unpaired) electrons. The SMILES string of the molecule is Cc1ccc(Br)cc1S(=O)(=O)N1CCOC[C@H]1C. The molecule has 0 unspecified atom stereocenters. The third kappa shape index (κ3) is 2.61. The summed E-state index contributed by atoms with van der Waals surface area (Å²) in [5.41, 5.74) is 0.761. The lowest BCUT2D eigenvalue weighted by molar-refractivity contribution is 0.0392. The normalized spacial score (nSPS) is 22.1. The lowest BCUT2D eigenvalue weighted by atomic mass is 10.2. The van der Waals surface area contributed by atoms with Gasteiger partial charge in [-0.25, -0.2) is 8.42 Å². The Morgan fingerprint density at radius 3 is 2.83 bits per heavy atom. The van der Waals surface area contributed by atoms with Crippen LogP contribution in [0.1, 0.15) is 12.5 Å². The van der Waals surface area contributed by atoms with Crippen LogP contribution in [-0.4, -0.2) is 38.5 Å². The van der Waals surface area contributed by atoms with Crippen molar-refractivity contribution in [3.63, 3.8) is 0 Å². The fourth-order valence-electron chi connectivity index (χ4n) is 2.05. The maximum Gasteiger partial charge on any atom is 0.243 e. The number of rotatable bonds is 2. The number of benzene rings is 1. The number of hydrogen-bond donors (Lipinski definition) is 0. The Morgan fingerprint density at radius 1 is 1.44 bits per heavy atom. The third-order valence-corrected chi connectivity index (χ3v) is 5.69. The summed E-state index contributed by atoms with van der Waals surface area (Å²) in [6.07, 6.45) is 0. The van der Waals surface area contributed by atoms with Gasteiger partial charge in [-0.2, -0.15) is 4.31 Å². The van der Waals surface area contributed by atoms with Gasteiger partial charge in [0.1, 0.15) is 0 Å². The van der Waals surface area contributed by atoms with Crippen LogP contribution in [0, 0.1) is 6.92 Å². The number of ether oxygens (including phenoxy) is 1. The van der Waals surface area contributed by atoms with Gasteiger partial charge in [-0.1, -0.05) is 22.0 Å². The fraction of sp³-hybridized carbons (Fsp3) is 0.500. The summed E-state index contributed by atoms with van der Waals surface area (Å²) in [7, 11) is -3.44. The number of halogens is 1. The molecule has 6 heteroatoms. The summed E-state index contributed by atoms with van der Waals surface area (Å²) in [6.45, 7) is 4.99. The van der Waals surface area contributed by atoms with Crippen molar-refractivity contribution in [1.82, 2.24) is 4.31 Å². The molecule has 4 nitrogen and oxygen atoms in total. The van der Waals surface area contributed by atoms with E-state index in [1.54, 1.807) is 6.07 Å². The molecule has 1 saturated heterocycles. The number of aryl methyl sites for hydroxylation is 1. The van der Waals surface area contributed by atoms with Crippen molar-refractivity contribution in [3.8, 4) is 0 Å². The minimum Gasteiger partial charge on any atom is -0.378 e. The van der Waals surface area contributed by atoms with E-state index in [4.69, 9.17) is 4.74 Å². The van der Waals surface area contributed by atoms with Crippen molar-refractivity contribution in [1.29, 1.82) is 0 Å². The van der Waals surface area contributed by atoms with Crippen LogP contribution >= 0.6 is 15.9 Å². The van der Waals surface area contributed by atoms with Crippen molar-refractivity contribution in [2.24, 2.45) is 0 Å². The van der Waals surface area contributed by atoms with Crippen molar-refractivity contribution < 1.29 is 13.2 Å². The van der Waals surface area contributed by atoms with Gasteiger partial charge >= 0.3 is 0 Å². The van der Waals surface area contributed by atoms with E-state index < -0.39 is 10.0 Å². The van der Waals surface area contributed by atoms with E-state index in [9.17, 15) is 8.42 Å². The van der Waals surface area contributed by atoms with Gasteiger partial charge in [-0.15, -0.1) is 0 Å². The highest BCUT2D eigenvalue weighted by molar-refractivity contribution is 9.10. The molecule has 1 aromatic carbocycles. The summed E-state index contributed by atoms with van der Waals surface area (Å²) < 4.78 is 32.8. The lowest BCUT2D eigenvalue weighted by Gasteiger charge is -2.32. The van der Waals surface area contributed by atoms with Crippen molar-refractivity contribution in [3.05, 3.63) is 28.2 Å². The Balaban J connectivity index is 2.44. The van der Waals surface area contributed by atoms with Gasteiger partial charge in [-0.05, 0) is 31.5 Å². The monoisotopic (exact) mass is 333 g/mol. The molecule has 0 aromatic heterocycles. The maximum absolute atomic E-state index is 12.6. The number of sulfonamides is 1. The van der Waals surface area contributed by atoms with E-state index >= 15 is 0 Å². The summed E-state index contributed by atoms with van der Waals surface area (Å²) in [5.74, 6) is 0. The minimum absolute atomic E-state index is 0.123. The molecule has 18 heavy (non-hydrogen) atoms. The van der Waals surface area contributed by atoms with E-state index in [-0.39, 0.29) is 6.04 Å². The van der Waals surface area contributed by atoms with Crippen LogP contribution in [0.4, 0.5) is 0 Å². The molecule has 1 aromatic rings. The van der Waals surface area contributed by atoms with Gasteiger partial charge in [0.2, 0.25) is 10.0 Å². The molecule has 0 aliphatic carbocycles. The van der Waals surface area contributed by atoms with Crippen LogP contribution < -0.4 is 0 Å². The van der Waals surface area contributed by atoms with Crippen LogP contribution in [0.25, 0.3) is 0 Å². The van der Waals surface area contributed by atoms with Gasteiger partial charge in [0.15, 0.2) is 0 Å². The predicted molar refractivity (Wildman–Crippen MR) is 73.1 cm³/mol. The molecule has 0 amide bonds. The second kappa shape index (κ2) is 5.28. The average molecular weight is 334 g/mol. The third-order valence-electron chi connectivity index (χ3n) is 3.04. The second-order valence-corrected chi connectivity index (χ2v) is 7.22. The van der Waals surface area contributed by atoms with Crippen molar-refractivity contribution in [2.45, 2.75) is 24.8 Å². The lowest BCUT2D eigenvalue weighted by Crippen LogP contribution is -2.47. The van der Waals surface area contributed by atoms with Crippen LogP contribution in [-0.2, 0) is 14.8 Å². The van der Waals surface area contributed by atoms with Gasteiger partial charge in [0.05, 0.1) is 18.1 Å². The molecule has 1 aliphatic rings. The van der Waals surface area contributed by atoms with Gasteiger partial charge in [0.25, 0.3) is 0 Å². The first-order valence-electron chi connectivity index (χ1n) is 5.78. The fourth-order valence-corrected chi connectivity index (χ4v) is 4.41. The summed E-state index contributed by atoms with van der Waals surface area (Å²) in [5, 5.41) is 0. The quantitative estimate of drug-likeness (QED) is 0.833. The van der Waals surface area contributed by atoms with E-state index in [1.807, 2.05) is 26.0 Å². The Bertz CT molecular complexity index is 544. The van der Waals surface area contributed by atoms with E-state index in [2.05, 4.69) is 15.9 Å². The summed E-state index contributed by atoms with van der Waals surface area (Å²) in [6, 6.07) is 5.19. The molecular formula is C12H16BrNO3S. The molecule has 2 rings (SSSR count). The molecule has 0 spiro atoms. The molecule has 1 heterocycles. The zero-order chi connectivity index (χ0) is 13.3. The molecule has 0 bridgehead atoms. The van der Waals surface area contributed by atoms with E-state index in [0.717, 1.165) is 10.0 Å². The molecule has 100 valence electrons. The number of nitrogens with zero attached hydrogens (tertiary/aromatic N) is 1. The number of hydrogen-bond acceptors (Lipinski definition) is 3. The second-order valence-electron chi connectivity index (χ2n) is 4.45. The summed E-state index contributed by atoms with van der Waals surface area (Å²) in [4.78, 5) is 0.366. The predicted octanol–water partition coefficient (Wildman–Crippen LogP) is 2.17. The number of morpholine rings is 1. The van der Waals surface area contributed by atoms with E-state index in [1.165, 1.54) is 4.31 Å². The minimum atomic E-state index is -3.44. The van der Waals surface area contributed by atoms with Gasteiger partial charge < -0.3 is 4.74 Å². The van der Waals surface area contributed by atoms with Crippen LogP contribution in [0.15, 0.2) is 27.6 Å². The Labute approximate surface area is 116 Å². The van der Waals surface area contributed by atoms with Gasteiger partial charge in [-0.3, -0.25) is 0 Å². The first kappa shape index (κ1) is 14.0. The highest BCUT2D eigenvalue weighted by Gasteiger charge is 2.32. The smallest absolute Gasteiger partial charge is 0.243 e. The first-order chi connectivity index (χ1) is 8.43. The van der Waals surface area contributed by atoms with Crippen molar-refractivity contribution >= 4 is 26.0 Å². The zero-order valence-electron chi connectivity index (χ0n) is 10.4. The molecule has 1 fully saturated rings. The molecule has 1 atom stereocenters. The summed E-state index contributed by atoms with van der Waals surface area (Å²) >= 11 is 3.32. The van der Waals surface area contributed by atoms with Crippen molar-refractivity contribution in [2.75, 3.05) is 19.8 Å². The zero-order valence-corrected chi connectivity index (χ0v) is 12.8. The Hall–Kier alpha value is -0.430. The molecule has 0 saturated carbocycles. The molecular weight excluding hydrogens is 318 g/mol. The topological polar surface area (TPSA) is 46.6 Å². The maximum atomic E-state index is 12.6. The largest absolute Gasteiger partial charge is 0.378 e. The average Bonchev–Trinajstić information content (AvgIpc) is 2.32.